The number of anilines is 1. The number of hydrogen-bond donors (Lipinski definition) is 1. The molecule has 0 amide bonds. The van der Waals surface area contributed by atoms with Crippen molar-refractivity contribution in [2.75, 3.05) is 12.4 Å². The summed E-state index contributed by atoms with van der Waals surface area (Å²) in [5.41, 5.74) is 3.36. The second kappa shape index (κ2) is 5.25. The molecule has 0 saturated heterocycles. The zero-order valence-corrected chi connectivity index (χ0v) is 11.4. The van der Waals surface area contributed by atoms with Crippen LogP contribution in [0.4, 0.5) is 6.01 Å². The Labute approximate surface area is 108 Å². The summed E-state index contributed by atoms with van der Waals surface area (Å²) in [6, 6.07) is 9.12. The van der Waals surface area contributed by atoms with Gasteiger partial charge in [0.2, 0.25) is 0 Å². The molecule has 1 atom stereocenters. The van der Waals surface area contributed by atoms with Crippen molar-refractivity contribution >= 4 is 6.01 Å². The highest BCUT2D eigenvalue weighted by molar-refractivity contribution is 5.61. The molecule has 2 aromatic rings. The summed E-state index contributed by atoms with van der Waals surface area (Å²) in [5, 5.41) is 2.92. The van der Waals surface area contributed by atoms with Crippen molar-refractivity contribution in [1.29, 1.82) is 0 Å². The summed E-state index contributed by atoms with van der Waals surface area (Å²) in [4.78, 5) is 4.30. The Morgan fingerprint density at radius 1 is 1.28 bits per heavy atom. The molecule has 1 unspecified atom stereocenters. The van der Waals surface area contributed by atoms with Crippen LogP contribution in [-0.4, -0.2) is 12.0 Å². The minimum Gasteiger partial charge on any atom is -0.423 e. The van der Waals surface area contributed by atoms with Crippen LogP contribution < -0.4 is 5.32 Å². The molecule has 0 aliphatic carbocycles. The summed E-state index contributed by atoms with van der Waals surface area (Å²) in [6.07, 6.45) is 1.16. The van der Waals surface area contributed by atoms with Gasteiger partial charge in [-0.05, 0) is 24.8 Å². The molecule has 1 aromatic heterocycles. The summed E-state index contributed by atoms with van der Waals surface area (Å²) in [7, 11) is 1.81. The third-order valence-corrected chi connectivity index (χ3v) is 3.36. The minimum atomic E-state index is 0.563. The lowest BCUT2D eigenvalue weighted by Crippen LogP contribution is -1.90. The molecule has 18 heavy (non-hydrogen) atoms. The molecule has 0 radical (unpaired) electrons. The Hall–Kier alpha value is -1.77. The fourth-order valence-corrected chi connectivity index (χ4v) is 1.97. The van der Waals surface area contributed by atoms with E-state index in [0.717, 1.165) is 23.4 Å². The number of nitrogens with zero attached hydrogens (tertiary/aromatic N) is 1. The smallest absolute Gasteiger partial charge is 0.295 e. The maximum absolute atomic E-state index is 5.65. The van der Waals surface area contributed by atoms with E-state index in [-0.39, 0.29) is 0 Å². The Morgan fingerprint density at radius 3 is 2.44 bits per heavy atom. The predicted octanol–water partition coefficient (Wildman–Crippen LogP) is 4.21. The van der Waals surface area contributed by atoms with E-state index < -0.39 is 0 Å². The zero-order valence-electron chi connectivity index (χ0n) is 11.4. The number of aromatic nitrogens is 1. The molecule has 1 heterocycles. The van der Waals surface area contributed by atoms with Gasteiger partial charge in [0.05, 0.1) is 5.69 Å². The van der Waals surface area contributed by atoms with E-state index in [9.17, 15) is 0 Å². The molecule has 0 spiro atoms. The van der Waals surface area contributed by atoms with Gasteiger partial charge in [-0.1, -0.05) is 38.1 Å². The topological polar surface area (TPSA) is 38.1 Å². The molecule has 0 aliphatic rings. The second-order valence-corrected chi connectivity index (χ2v) is 4.61. The van der Waals surface area contributed by atoms with E-state index in [4.69, 9.17) is 4.42 Å². The zero-order chi connectivity index (χ0) is 13.1. The average Bonchev–Trinajstić information content (AvgIpc) is 2.79. The van der Waals surface area contributed by atoms with E-state index in [0.29, 0.717) is 11.9 Å². The van der Waals surface area contributed by atoms with E-state index >= 15 is 0 Å². The quantitative estimate of drug-likeness (QED) is 0.875. The predicted molar refractivity (Wildman–Crippen MR) is 74.9 cm³/mol. The van der Waals surface area contributed by atoms with Crippen LogP contribution in [0.5, 0.6) is 0 Å². The summed E-state index contributed by atoms with van der Waals surface area (Å²) in [6.45, 7) is 6.41. The van der Waals surface area contributed by atoms with Crippen molar-refractivity contribution in [3.63, 3.8) is 0 Å². The normalized spacial score (nSPS) is 12.4. The largest absolute Gasteiger partial charge is 0.423 e. The van der Waals surface area contributed by atoms with E-state index in [1.165, 1.54) is 5.56 Å². The van der Waals surface area contributed by atoms with E-state index in [1.54, 1.807) is 7.05 Å². The van der Waals surface area contributed by atoms with Gasteiger partial charge in [0.25, 0.3) is 6.01 Å². The number of rotatable bonds is 4. The van der Waals surface area contributed by atoms with Gasteiger partial charge in [0.1, 0.15) is 0 Å². The highest BCUT2D eigenvalue weighted by Crippen LogP contribution is 2.28. The van der Waals surface area contributed by atoms with Crippen LogP contribution in [0.2, 0.25) is 0 Å². The molecule has 1 aromatic carbocycles. The number of aryl methyl sites for hydroxylation is 1. The Morgan fingerprint density at radius 2 is 1.94 bits per heavy atom. The first-order valence-electron chi connectivity index (χ1n) is 6.41. The highest BCUT2D eigenvalue weighted by atomic mass is 16.4. The van der Waals surface area contributed by atoms with Crippen molar-refractivity contribution < 1.29 is 4.42 Å². The van der Waals surface area contributed by atoms with Crippen molar-refractivity contribution in [3.05, 3.63) is 35.5 Å². The van der Waals surface area contributed by atoms with Gasteiger partial charge < -0.3 is 9.73 Å². The SMILES string of the molecule is CCC(C)c1ccc(-c2oc(NC)nc2C)cc1. The van der Waals surface area contributed by atoms with Crippen LogP contribution in [0, 0.1) is 6.92 Å². The maximum atomic E-state index is 5.65. The molecular formula is C15H20N2O. The van der Waals surface area contributed by atoms with Gasteiger partial charge >= 0.3 is 0 Å². The molecule has 0 bridgehead atoms. The minimum absolute atomic E-state index is 0.563. The third-order valence-electron chi connectivity index (χ3n) is 3.36. The first-order valence-corrected chi connectivity index (χ1v) is 6.41. The van der Waals surface area contributed by atoms with Crippen LogP contribution in [0.15, 0.2) is 28.7 Å². The Kier molecular flexibility index (Phi) is 3.70. The molecule has 96 valence electrons. The van der Waals surface area contributed by atoms with Crippen LogP contribution in [-0.2, 0) is 0 Å². The molecule has 0 saturated carbocycles. The van der Waals surface area contributed by atoms with Crippen molar-refractivity contribution in [2.45, 2.75) is 33.1 Å². The number of nitrogens with one attached hydrogen (secondary N) is 1. The lowest BCUT2D eigenvalue weighted by molar-refractivity contribution is 0.589. The summed E-state index contributed by atoms with van der Waals surface area (Å²) >= 11 is 0. The Bertz CT molecular complexity index is 514. The van der Waals surface area contributed by atoms with Crippen LogP contribution in [0.25, 0.3) is 11.3 Å². The number of oxazole rings is 1. The van der Waals surface area contributed by atoms with Crippen LogP contribution >= 0.6 is 0 Å². The van der Waals surface area contributed by atoms with Gasteiger partial charge in [-0.25, -0.2) is 0 Å². The van der Waals surface area contributed by atoms with Crippen molar-refractivity contribution in [3.8, 4) is 11.3 Å². The molecule has 0 fully saturated rings. The van der Waals surface area contributed by atoms with E-state index in [2.05, 4.69) is 48.4 Å². The van der Waals surface area contributed by atoms with Crippen molar-refractivity contribution in [1.82, 2.24) is 4.98 Å². The second-order valence-electron chi connectivity index (χ2n) is 4.61. The summed E-state index contributed by atoms with van der Waals surface area (Å²) < 4.78 is 5.65. The number of hydrogen-bond acceptors (Lipinski definition) is 3. The van der Waals surface area contributed by atoms with E-state index in [1.807, 2.05) is 6.92 Å². The van der Waals surface area contributed by atoms with Crippen molar-refractivity contribution in [2.24, 2.45) is 0 Å². The van der Waals surface area contributed by atoms with Gasteiger partial charge in [0.15, 0.2) is 5.76 Å². The standard InChI is InChI=1S/C15H20N2O/c1-5-10(2)12-6-8-13(9-7-12)14-11(3)17-15(16-4)18-14/h6-10H,5H2,1-4H3,(H,16,17). The molecule has 3 heteroatoms. The van der Waals surface area contributed by atoms with Gasteiger partial charge in [-0.2, -0.15) is 4.98 Å². The fraction of sp³-hybridized carbons (Fsp3) is 0.400. The lowest BCUT2D eigenvalue weighted by atomic mass is 9.97. The fourth-order valence-electron chi connectivity index (χ4n) is 1.97. The molecule has 0 aliphatic heterocycles. The average molecular weight is 244 g/mol. The molecule has 2 rings (SSSR count). The van der Waals surface area contributed by atoms with Crippen LogP contribution in [0.1, 0.15) is 37.4 Å². The number of benzene rings is 1. The van der Waals surface area contributed by atoms with Gasteiger partial charge in [-0.15, -0.1) is 0 Å². The molecule has 3 nitrogen and oxygen atoms in total. The monoisotopic (exact) mass is 244 g/mol. The maximum Gasteiger partial charge on any atom is 0.295 e. The first-order chi connectivity index (χ1) is 8.65. The van der Waals surface area contributed by atoms with Gasteiger partial charge in [-0.3, -0.25) is 0 Å². The highest BCUT2D eigenvalue weighted by Gasteiger charge is 2.11. The first kappa shape index (κ1) is 12.7. The lowest BCUT2D eigenvalue weighted by Gasteiger charge is -2.09. The Balaban J connectivity index is 2.31. The van der Waals surface area contributed by atoms with Crippen LogP contribution in [0.3, 0.4) is 0 Å². The van der Waals surface area contributed by atoms with Gasteiger partial charge in [0, 0.05) is 12.6 Å². The molecule has 1 N–H and O–H groups in total. The third kappa shape index (κ3) is 2.40. The summed E-state index contributed by atoms with van der Waals surface area (Å²) in [5.74, 6) is 1.44. The molecular weight excluding hydrogens is 224 g/mol.